The van der Waals surface area contributed by atoms with Gasteiger partial charge >= 0.3 is 0 Å². The fraction of sp³-hybridized carbons (Fsp3) is 0.600. The first-order valence-corrected chi connectivity index (χ1v) is 6.38. The molecule has 0 saturated heterocycles. The number of benzene rings is 1. The van der Waals surface area contributed by atoms with Gasteiger partial charge in [-0.05, 0) is 44.2 Å². The predicted molar refractivity (Wildman–Crippen MR) is 73.2 cm³/mol. The topological polar surface area (TPSA) is 49.7 Å². The molecule has 3 heteroatoms. The van der Waals surface area contributed by atoms with Crippen LogP contribution >= 0.6 is 0 Å². The maximum Gasteiger partial charge on any atom is 0.125 e. The van der Waals surface area contributed by atoms with Crippen molar-refractivity contribution in [1.82, 2.24) is 0 Å². The first-order valence-electron chi connectivity index (χ1n) is 6.38. The number of hydrogen-bond donors (Lipinski definition) is 2. The number of rotatable bonds is 5. The molecule has 0 bridgehead atoms. The maximum absolute atomic E-state index is 9.77. The van der Waals surface area contributed by atoms with Gasteiger partial charge in [-0.15, -0.1) is 0 Å². The zero-order valence-electron chi connectivity index (χ0n) is 11.9. The SMILES string of the molecule is COc1c(C)cc(C)cc1C(C)CC(O)C(C)O. The summed E-state index contributed by atoms with van der Waals surface area (Å²) < 4.78 is 5.45. The van der Waals surface area contributed by atoms with Crippen LogP contribution in [0.15, 0.2) is 12.1 Å². The predicted octanol–water partition coefficient (Wildman–Crippen LogP) is 2.55. The van der Waals surface area contributed by atoms with Crippen molar-refractivity contribution in [3.8, 4) is 5.75 Å². The molecule has 0 fully saturated rings. The van der Waals surface area contributed by atoms with Crippen molar-refractivity contribution in [3.63, 3.8) is 0 Å². The van der Waals surface area contributed by atoms with E-state index in [1.165, 1.54) is 5.56 Å². The Labute approximate surface area is 109 Å². The van der Waals surface area contributed by atoms with Crippen LogP contribution in [0.3, 0.4) is 0 Å². The second kappa shape index (κ2) is 6.21. The van der Waals surface area contributed by atoms with E-state index in [9.17, 15) is 10.2 Å². The van der Waals surface area contributed by atoms with E-state index in [0.717, 1.165) is 16.9 Å². The van der Waals surface area contributed by atoms with Crippen LogP contribution in [-0.2, 0) is 0 Å². The minimum Gasteiger partial charge on any atom is -0.496 e. The minimum atomic E-state index is -0.704. The second-order valence-electron chi connectivity index (χ2n) is 5.15. The van der Waals surface area contributed by atoms with Gasteiger partial charge in [0, 0.05) is 0 Å². The lowest BCUT2D eigenvalue weighted by Crippen LogP contribution is -2.24. The summed E-state index contributed by atoms with van der Waals surface area (Å²) in [6.45, 7) is 7.72. The number of aryl methyl sites for hydroxylation is 2. The summed E-state index contributed by atoms with van der Waals surface area (Å²) in [6.07, 6.45) is -0.883. The molecule has 102 valence electrons. The van der Waals surface area contributed by atoms with Crippen LogP contribution in [0.1, 0.15) is 42.9 Å². The Kier molecular flexibility index (Phi) is 5.17. The van der Waals surface area contributed by atoms with Gasteiger partial charge < -0.3 is 14.9 Å². The third-order valence-electron chi connectivity index (χ3n) is 3.33. The lowest BCUT2D eigenvalue weighted by Gasteiger charge is -2.22. The summed E-state index contributed by atoms with van der Waals surface area (Å²) in [4.78, 5) is 0. The van der Waals surface area contributed by atoms with E-state index in [-0.39, 0.29) is 5.92 Å². The van der Waals surface area contributed by atoms with Crippen LogP contribution in [0.25, 0.3) is 0 Å². The molecule has 3 atom stereocenters. The lowest BCUT2D eigenvalue weighted by molar-refractivity contribution is 0.0226. The molecule has 0 aliphatic rings. The monoisotopic (exact) mass is 252 g/mol. The van der Waals surface area contributed by atoms with E-state index in [2.05, 4.69) is 12.1 Å². The van der Waals surface area contributed by atoms with Gasteiger partial charge in [0.2, 0.25) is 0 Å². The van der Waals surface area contributed by atoms with Gasteiger partial charge in [0.05, 0.1) is 19.3 Å². The molecule has 18 heavy (non-hydrogen) atoms. The smallest absolute Gasteiger partial charge is 0.125 e. The molecular weight excluding hydrogens is 228 g/mol. The third-order valence-corrected chi connectivity index (χ3v) is 3.33. The Hall–Kier alpha value is -1.06. The molecule has 1 aromatic carbocycles. The molecule has 0 spiro atoms. The van der Waals surface area contributed by atoms with Gasteiger partial charge in [0.1, 0.15) is 5.75 Å². The van der Waals surface area contributed by atoms with E-state index in [1.807, 2.05) is 20.8 Å². The van der Waals surface area contributed by atoms with Crippen molar-refractivity contribution in [2.45, 2.75) is 52.2 Å². The van der Waals surface area contributed by atoms with E-state index in [0.29, 0.717) is 6.42 Å². The Balaban J connectivity index is 3.01. The second-order valence-corrected chi connectivity index (χ2v) is 5.15. The molecule has 0 heterocycles. The molecule has 2 N–H and O–H groups in total. The van der Waals surface area contributed by atoms with Crippen LogP contribution in [0.4, 0.5) is 0 Å². The van der Waals surface area contributed by atoms with Gasteiger partial charge in [-0.2, -0.15) is 0 Å². The van der Waals surface area contributed by atoms with E-state index >= 15 is 0 Å². The van der Waals surface area contributed by atoms with Crippen molar-refractivity contribution < 1.29 is 14.9 Å². The van der Waals surface area contributed by atoms with Crippen molar-refractivity contribution in [2.75, 3.05) is 7.11 Å². The Morgan fingerprint density at radius 1 is 1.17 bits per heavy atom. The van der Waals surface area contributed by atoms with Gasteiger partial charge in [0.15, 0.2) is 0 Å². The van der Waals surface area contributed by atoms with Gasteiger partial charge in [0.25, 0.3) is 0 Å². The molecule has 0 radical (unpaired) electrons. The lowest BCUT2D eigenvalue weighted by atomic mass is 9.90. The molecular formula is C15H24O3. The van der Waals surface area contributed by atoms with Crippen LogP contribution in [-0.4, -0.2) is 29.5 Å². The molecule has 3 unspecified atom stereocenters. The number of hydrogen-bond acceptors (Lipinski definition) is 3. The molecule has 1 aromatic rings. The van der Waals surface area contributed by atoms with Crippen molar-refractivity contribution in [3.05, 3.63) is 28.8 Å². The zero-order valence-corrected chi connectivity index (χ0v) is 11.9. The van der Waals surface area contributed by atoms with Crippen molar-refractivity contribution in [1.29, 1.82) is 0 Å². The molecule has 3 nitrogen and oxygen atoms in total. The Morgan fingerprint density at radius 2 is 1.78 bits per heavy atom. The Morgan fingerprint density at radius 3 is 2.28 bits per heavy atom. The number of methoxy groups -OCH3 is 1. The van der Waals surface area contributed by atoms with Crippen LogP contribution < -0.4 is 4.74 Å². The maximum atomic E-state index is 9.77. The summed E-state index contributed by atoms with van der Waals surface area (Å²) >= 11 is 0. The summed E-state index contributed by atoms with van der Waals surface area (Å²) in [6, 6.07) is 4.17. The summed E-state index contributed by atoms with van der Waals surface area (Å²) in [7, 11) is 1.67. The summed E-state index contributed by atoms with van der Waals surface area (Å²) in [5, 5.41) is 19.1. The molecule has 1 rings (SSSR count). The van der Waals surface area contributed by atoms with Crippen LogP contribution in [0.5, 0.6) is 5.75 Å². The van der Waals surface area contributed by atoms with Crippen molar-refractivity contribution in [2.24, 2.45) is 0 Å². The first-order chi connectivity index (χ1) is 8.36. The number of aliphatic hydroxyl groups is 2. The highest BCUT2D eigenvalue weighted by atomic mass is 16.5. The van der Waals surface area contributed by atoms with Gasteiger partial charge in [-0.25, -0.2) is 0 Å². The van der Waals surface area contributed by atoms with Crippen molar-refractivity contribution >= 4 is 0 Å². The number of aliphatic hydroxyl groups excluding tert-OH is 2. The molecule has 0 amide bonds. The van der Waals surface area contributed by atoms with Crippen LogP contribution in [0, 0.1) is 13.8 Å². The summed E-state index contributed by atoms with van der Waals surface area (Å²) in [5.74, 6) is 1.02. The Bertz CT molecular complexity index is 399. The van der Waals surface area contributed by atoms with E-state index < -0.39 is 12.2 Å². The molecule has 0 aliphatic heterocycles. The standard InChI is InChI=1S/C15H24O3/c1-9-6-11(3)15(18-5)13(7-9)10(2)8-14(17)12(4)16/h6-7,10,12,14,16-17H,8H2,1-5H3. The fourth-order valence-corrected chi connectivity index (χ4v) is 2.32. The van der Waals surface area contributed by atoms with Gasteiger partial charge in [-0.3, -0.25) is 0 Å². The highest BCUT2D eigenvalue weighted by Gasteiger charge is 2.20. The average Bonchev–Trinajstić information content (AvgIpc) is 2.27. The normalized spacial score (nSPS) is 16.2. The minimum absolute atomic E-state index is 0.142. The first kappa shape index (κ1) is 15.0. The quantitative estimate of drug-likeness (QED) is 0.846. The fourth-order valence-electron chi connectivity index (χ4n) is 2.32. The zero-order chi connectivity index (χ0) is 13.9. The van der Waals surface area contributed by atoms with E-state index in [1.54, 1.807) is 14.0 Å². The third kappa shape index (κ3) is 3.47. The largest absolute Gasteiger partial charge is 0.496 e. The van der Waals surface area contributed by atoms with Crippen LogP contribution in [0.2, 0.25) is 0 Å². The van der Waals surface area contributed by atoms with Gasteiger partial charge in [-0.1, -0.05) is 24.6 Å². The molecule has 0 aromatic heterocycles. The number of ether oxygens (including phenoxy) is 1. The van der Waals surface area contributed by atoms with E-state index in [4.69, 9.17) is 4.74 Å². The molecule has 0 aliphatic carbocycles. The highest BCUT2D eigenvalue weighted by molar-refractivity contribution is 5.45. The molecule has 0 saturated carbocycles. The summed E-state index contributed by atoms with van der Waals surface area (Å²) in [5.41, 5.74) is 3.38. The average molecular weight is 252 g/mol. The highest BCUT2D eigenvalue weighted by Crippen LogP contribution is 2.33.